The van der Waals surface area contributed by atoms with Crippen LogP contribution >= 0.6 is 0 Å². The van der Waals surface area contributed by atoms with Gasteiger partial charge in [0.25, 0.3) is 0 Å². The SMILES string of the molecule is CCCCC=CCC=CCCCCCCCCN(CCC)CCCCCCCCC=CCC=CCCCCC. The molecule has 0 bridgehead atoms. The van der Waals surface area contributed by atoms with E-state index in [9.17, 15) is 0 Å². The molecule has 0 radical (unpaired) electrons. The van der Waals surface area contributed by atoms with Gasteiger partial charge in [0.05, 0.1) is 0 Å². The maximum atomic E-state index is 2.74. The molecule has 1 nitrogen and oxygen atoms in total. The fourth-order valence-electron chi connectivity index (χ4n) is 5.11. The molecule has 0 rings (SSSR count). The first-order valence-electron chi connectivity index (χ1n) is 17.7. The van der Waals surface area contributed by atoms with Crippen LogP contribution in [0.15, 0.2) is 48.6 Å². The molecule has 0 aliphatic rings. The highest BCUT2D eigenvalue weighted by molar-refractivity contribution is 4.93. The molecule has 228 valence electrons. The number of nitrogens with zero attached hydrogens (tertiary/aromatic N) is 1. The first-order chi connectivity index (χ1) is 19.3. The van der Waals surface area contributed by atoms with Crippen LogP contribution in [-0.2, 0) is 0 Å². The molecule has 0 aromatic carbocycles. The molecule has 1 heteroatoms. The lowest BCUT2D eigenvalue weighted by Crippen LogP contribution is -2.27. The third-order valence-corrected chi connectivity index (χ3v) is 7.64. The van der Waals surface area contributed by atoms with Crippen molar-refractivity contribution < 1.29 is 0 Å². The van der Waals surface area contributed by atoms with Crippen LogP contribution in [0.3, 0.4) is 0 Å². The van der Waals surface area contributed by atoms with Crippen molar-refractivity contribution in [1.29, 1.82) is 0 Å². The molecule has 0 spiro atoms. The molecule has 0 aromatic rings. The standard InChI is InChI=1S/C38H71N/c1-4-7-9-11-13-15-17-19-21-23-25-27-29-31-33-35-38-39(36-6-3)37-34-32-30-28-26-24-22-20-18-16-14-12-10-8-5-2/h12-15,18-21H,4-11,16-17,22-38H2,1-3H3. The van der Waals surface area contributed by atoms with Gasteiger partial charge in [-0.1, -0.05) is 146 Å². The van der Waals surface area contributed by atoms with Crippen LogP contribution in [0.25, 0.3) is 0 Å². The highest BCUT2D eigenvalue weighted by Gasteiger charge is 2.03. The summed E-state index contributed by atoms with van der Waals surface area (Å²) in [6.07, 6.45) is 51.0. The number of unbranched alkanes of at least 4 members (excludes halogenated alkanes) is 17. The molecular weight excluding hydrogens is 470 g/mol. The summed E-state index contributed by atoms with van der Waals surface area (Å²) in [5, 5.41) is 0. The summed E-state index contributed by atoms with van der Waals surface area (Å²) in [6.45, 7) is 10.8. The van der Waals surface area contributed by atoms with Gasteiger partial charge in [-0.2, -0.15) is 0 Å². The largest absolute Gasteiger partial charge is 0.303 e. The number of hydrogen-bond acceptors (Lipinski definition) is 1. The number of rotatable bonds is 31. The summed E-state index contributed by atoms with van der Waals surface area (Å²) in [5.41, 5.74) is 0. The maximum absolute atomic E-state index is 2.74. The second-order valence-corrected chi connectivity index (χ2v) is 11.7. The van der Waals surface area contributed by atoms with Gasteiger partial charge in [-0.3, -0.25) is 0 Å². The minimum atomic E-state index is 1.12. The highest BCUT2D eigenvalue weighted by atomic mass is 15.1. The van der Waals surface area contributed by atoms with Gasteiger partial charge >= 0.3 is 0 Å². The van der Waals surface area contributed by atoms with E-state index in [1.165, 1.54) is 161 Å². The Kier molecular flexibility index (Phi) is 34.0. The predicted octanol–water partition coefficient (Wildman–Crippen LogP) is 12.9. The molecule has 0 unspecified atom stereocenters. The highest BCUT2D eigenvalue weighted by Crippen LogP contribution is 2.11. The Morgan fingerprint density at radius 3 is 1.08 bits per heavy atom. The van der Waals surface area contributed by atoms with Gasteiger partial charge < -0.3 is 4.90 Å². The van der Waals surface area contributed by atoms with Gasteiger partial charge in [-0.15, -0.1) is 0 Å². The normalized spacial score (nSPS) is 12.5. The van der Waals surface area contributed by atoms with Crippen molar-refractivity contribution in [2.45, 2.75) is 175 Å². The first-order valence-corrected chi connectivity index (χ1v) is 17.7. The average molecular weight is 542 g/mol. The van der Waals surface area contributed by atoms with Gasteiger partial charge in [-0.25, -0.2) is 0 Å². The van der Waals surface area contributed by atoms with Gasteiger partial charge in [0.2, 0.25) is 0 Å². The molecule has 0 saturated carbocycles. The predicted molar refractivity (Wildman–Crippen MR) is 181 cm³/mol. The van der Waals surface area contributed by atoms with E-state index < -0.39 is 0 Å². The number of allylic oxidation sites excluding steroid dienone is 8. The summed E-state index contributed by atoms with van der Waals surface area (Å²) >= 11 is 0. The van der Waals surface area contributed by atoms with Crippen LogP contribution in [0.1, 0.15) is 175 Å². The lowest BCUT2D eigenvalue weighted by molar-refractivity contribution is 0.260. The van der Waals surface area contributed by atoms with E-state index >= 15 is 0 Å². The van der Waals surface area contributed by atoms with Gasteiger partial charge in [0.15, 0.2) is 0 Å². The van der Waals surface area contributed by atoms with E-state index in [0.717, 1.165) is 12.8 Å². The van der Waals surface area contributed by atoms with Crippen molar-refractivity contribution in [2.75, 3.05) is 19.6 Å². The van der Waals surface area contributed by atoms with E-state index in [0.29, 0.717) is 0 Å². The van der Waals surface area contributed by atoms with Crippen molar-refractivity contribution in [3.63, 3.8) is 0 Å². The van der Waals surface area contributed by atoms with Gasteiger partial charge in [0, 0.05) is 0 Å². The maximum Gasteiger partial charge on any atom is -0.00187 e. The van der Waals surface area contributed by atoms with Crippen molar-refractivity contribution in [3.05, 3.63) is 48.6 Å². The Labute approximate surface area is 247 Å². The molecule has 0 amide bonds. The first kappa shape index (κ1) is 37.9. The molecule has 0 fully saturated rings. The average Bonchev–Trinajstić information content (AvgIpc) is 2.94. The second kappa shape index (κ2) is 34.9. The van der Waals surface area contributed by atoms with E-state index in [1.807, 2.05) is 0 Å². The fourth-order valence-corrected chi connectivity index (χ4v) is 5.11. The zero-order valence-corrected chi connectivity index (χ0v) is 27.2. The molecule has 0 aliphatic carbocycles. The Morgan fingerprint density at radius 2 is 0.667 bits per heavy atom. The fraction of sp³-hybridized carbons (Fsp3) is 0.789. The zero-order chi connectivity index (χ0) is 28.3. The van der Waals surface area contributed by atoms with E-state index in [2.05, 4.69) is 74.3 Å². The van der Waals surface area contributed by atoms with E-state index in [-0.39, 0.29) is 0 Å². The number of hydrogen-bond donors (Lipinski definition) is 0. The van der Waals surface area contributed by atoms with E-state index in [4.69, 9.17) is 0 Å². The molecule has 0 atom stereocenters. The molecule has 39 heavy (non-hydrogen) atoms. The topological polar surface area (TPSA) is 3.24 Å². The lowest BCUT2D eigenvalue weighted by atomic mass is 10.1. The van der Waals surface area contributed by atoms with E-state index in [1.54, 1.807) is 0 Å². The van der Waals surface area contributed by atoms with Crippen LogP contribution < -0.4 is 0 Å². The van der Waals surface area contributed by atoms with Crippen LogP contribution in [0.5, 0.6) is 0 Å². The third-order valence-electron chi connectivity index (χ3n) is 7.64. The molecule has 0 N–H and O–H groups in total. The molecule has 0 saturated heterocycles. The van der Waals surface area contributed by atoms with Crippen molar-refractivity contribution >= 4 is 0 Å². The summed E-state index contributed by atoms with van der Waals surface area (Å²) in [4.78, 5) is 2.74. The van der Waals surface area contributed by atoms with Gasteiger partial charge in [0.1, 0.15) is 0 Å². The minimum Gasteiger partial charge on any atom is -0.303 e. The van der Waals surface area contributed by atoms with Crippen LogP contribution in [0.2, 0.25) is 0 Å². The summed E-state index contributed by atoms with van der Waals surface area (Å²) in [7, 11) is 0. The Balaban J connectivity index is 3.51. The summed E-state index contributed by atoms with van der Waals surface area (Å²) < 4.78 is 0. The van der Waals surface area contributed by atoms with Crippen LogP contribution in [0.4, 0.5) is 0 Å². The van der Waals surface area contributed by atoms with Gasteiger partial charge in [-0.05, 0) is 96.7 Å². The van der Waals surface area contributed by atoms with Crippen molar-refractivity contribution in [3.8, 4) is 0 Å². The zero-order valence-electron chi connectivity index (χ0n) is 27.2. The molecule has 0 aliphatic heterocycles. The summed E-state index contributed by atoms with van der Waals surface area (Å²) in [6, 6.07) is 0. The Morgan fingerprint density at radius 1 is 0.308 bits per heavy atom. The van der Waals surface area contributed by atoms with Crippen molar-refractivity contribution in [2.24, 2.45) is 0 Å². The Bertz CT molecular complexity index is 555. The quantitative estimate of drug-likeness (QED) is 0.0623. The Hall–Kier alpha value is -1.08. The molecule has 0 heterocycles. The molecular formula is C38H71N. The smallest absolute Gasteiger partial charge is 0.00187 e. The summed E-state index contributed by atoms with van der Waals surface area (Å²) in [5.74, 6) is 0. The minimum absolute atomic E-state index is 1.12. The monoisotopic (exact) mass is 542 g/mol. The lowest BCUT2D eigenvalue weighted by Gasteiger charge is -2.21. The second-order valence-electron chi connectivity index (χ2n) is 11.7. The molecule has 0 aromatic heterocycles. The van der Waals surface area contributed by atoms with Crippen molar-refractivity contribution in [1.82, 2.24) is 4.90 Å². The van der Waals surface area contributed by atoms with Crippen LogP contribution in [0, 0.1) is 0 Å². The third kappa shape index (κ3) is 33.0. The van der Waals surface area contributed by atoms with Crippen LogP contribution in [-0.4, -0.2) is 24.5 Å².